The maximum atomic E-state index is 4.47. The van der Waals surface area contributed by atoms with Gasteiger partial charge in [-0.25, -0.2) is 0 Å². The topological polar surface area (TPSA) is 22.2 Å². The molecule has 3 heterocycles. The van der Waals surface area contributed by atoms with E-state index < -0.39 is 0 Å². The Kier molecular flexibility index (Phi) is 2.24. The van der Waals surface area contributed by atoms with Crippen molar-refractivity contribution in [3.05, 3.63) is 60.6 Å². The van der Waals surface area contributed by atoms with Gasteiger partial charge in [0.05, 0.1) is 11.0 Å². The second-order valence-electron chi connectivity index (χ2n) is 5.25. The minimum absolute atomic E-state index is 1.05. The van der Waals surface area contributed by atoms with E-state index >= 15 is 0 Å². The molecule has 0 amide bonds. The van der Waals surface area contributed by atoms with Gasteiger partial charge in [0, 0.05) is 36.6 Å². The molecule has 0 aliphatic heterocycles. The van der Waals surface area contributed by atoms with Gasteiger partial charge in [-0.05, 0) is 48.4 Å². The third-order valence-corrected chi connectivity index (χ3v) is 3.82. The van der Waals surface area contributed by atoms with Crippen LogP contribution in [0.5, 0.6) is 0 Å². The van der Waals surface area contributed by atoms with Gasteiger partial charge in [-0.3, -0.25) is 4.68 Å². The van der Waals surface area contributed by atoms with Gasteiger partial charge in [0.15, 0.2) is 0 Å². The maximum Gasteiger partial charge on any atom is 0.0926 e. The molecule has 0 N–H and O–H groups in total. The van der Waals surface area contributed by atoms with Crippen molar-refractivity contribution in [2.75, 3.05) is 0 Å². The van der Waals surface area contributed by atoms with Crippen LogP contribution in [0.1, 0.15) is 5.56 Å². The largest absolute Gasteiger partial charge is 0.323 e. The lowest BCUT2D eigenvalue weighted by molar-refractivity contribution is 0.779. The van der Waals surface area contributed by atoms with Crippen LogP contribution in [0, 0.1) is 6.92 Å². The van der Waals surface area contributed by atoms with Crippen LogP contribution in [0.25, 0.3) is 27.5 Å². The van der Waals surface area contributed by atoms with E-state index in [9.17, 15) is 0 Å². The SMILES string of the molecule is Cc1cc2nn(C)cc2cc1-c1cccn2cccc12. The van der Waals surface area contributed by atoms with Crippen LogP contribution in [0.4, 0.5) is 0 Å². The van der Waals surface area contributed by atoms with Crippen LogP contribution < -0.4 is 0 Å². The van der Waals surface area contributed by atoms with Gasteiger partial charge in [-0.2, -0.15) is 5.10 Å². The Balaban J connectivity index is 2.06. The number of benzene rings is 1. The fourth-order valence-corrected chi connectivity index (χ4v) is 2.89. The number of nitrogens with zero attached hydrogens (tertiary/aromatic N) is 3. The first-order chi connectivity index (χ1) is 9.72. The number of rotatable bonds is 1. The molecule has 3 nitrogen and oxygen atoms in total. The Bertz CT molecular complexity index is 928. The summed E-state index contributed by atoms with van der Waals surface area (Å²) in [5, 5.41) is 5.65. The molecule has 0 bridgehead atoms. The molecule has 0 aliphatic carbocycles. The average molecular weight is 261 g/mol. The van der Waals surface area contributed by atoms with Gasteiger partial charge in [-0.15, -0.1) is 0 Å². The molecule has 0 radical (unpaired) electrons. The number of hydrogen-bond acceptors (Lipinski definition) is 1. The van der Waals surface area contributed by atoms with Gasteiger partial charge in [-0.1, -0.05) is 6.07 Å². The molecule has 0 aliphatic rings. The smallest absolute Gasteiger partial charge is 0.0926 e. The van der Waals surface area contributed by atoms with Crippen molar-refractivity contribution in [3.63, 3.8) is 0 Å². The number of aromatic nitrogens is 3. The van der Waals surface area contributed by atoms with Crippen LogP contribution >= 0.6 is 0 Å². The fourth-order valence-electron chi connectivity index (χ4n) is 2.89. The van der Waals surface area contributed by atoms with E-state index in [0.717, 1.165) is 5.52 Å². The highest BCUT2D eigenvalue weighted by atomic mass is 15.2. The van der Waals surface area contributed by atoms with E-state index in [0.29, 0.717) is 0 Å². The maximum absolute atomic E-state index is 4.47. The summed E-state index contributed by atoms with van der Waals surface area (Å²) in [6, 6.07) is 12.9. The second-order valence-corrected chi connectivity index (χ2v) is 5.25. The summed E-state index contributed by atoms with van der Waals surface area (Å²) in [7, 11) is 1.96. The Morgan fingerprint density at radius 2 is 1.80 bits per heavy atom. The summed E-state index contributed by atoms with van der Waals surface area (Å²) in [5.74, 6) is 0. The van der Waals surface area contributed by atoms with Crippen molar-refractivity contribution in [1.29, 1.82) is 0 Å². The summed E-state index contributed by atoms with van der Waals surface area (Å²) in [6.45, 7) is 2.15. The third-order valence-electron chi connectivity index (χ3n) is 3.82. The first-order valence-electron chi connectivity index (χ1n) is 6.72. The molecular weight excluding hydrogens is 246 g/mol. The molecule has 0 saturated heterocycles. The standard InChI is InChI=1S/C17H15N3/c1-12-9-16-13(11-19(2)18-16)10-15(12)14-5-3-7-20-8-4-6-17(14)20/h3-11H,1-2H3. The minimum Gasteiger partial charge on any atom is -0.323 e. The average Bonchev–Trinajstić information content (AvgIpc) is 3.02. The second kappa shape index (κ2) is 3.97. The lowest BCUT2D eigenvalue weighted by Gasteiger charge is -2.08. The summed E-state index contributed by atoms with van der Waals surface area (Å²) < 4.78 is 4.02. The van der Waals surface area contributed by atoms with Crippen LogP contribution in [0.3, 0.4) is 0 Å². The molecule has 3 heteroatoms. The predicted molar refractivity (Wildman–Crippen MR) is 81.8 cm³/mol. The van der Waals surface area contributed by atoms with Crippen LogP contribution in [0.15, 0.2) is 55.0 Å². The van der Waals surface area contributed by atoms with Gasteiger partial charge >= 0.3 is 0 Å². The molecule has 4 rings (SSSR count). The predicted octanol–water partition coefficient (Wildman–Crippen LogP) is 3.80. The van der Waals surface area contributed by atoms with Gasteiger partial charge in [0.25, 0.3) is 0 Å². The Morgan fingerprint density at radius 1 is 1.00 bits per heavy atom. The normalized spacial score (nSPS) is 11.5. The third kappa shape index (κ3) is 1.56. The number of hydrogen-bond donors (Lipinski definition) is 0. The summed E-state index contributed by atoms with van der Waals surface area (Å²) in [6.07, 6.45) is 6.23. The van der Waals surface area contributed by atoms with E-state index in [1.54, 1.807) is 0 Å². The fraction of sp³-hybridized carbons (Fsp3) is 0.118. The van der Waals surface area contributed by atoms with E-state index in [1.807, 2.05) is 11.7 Å². The number of aryl methyl sites for hydroxylation is 2. The van der Waals surface area contributed by atoms with Crippen molar-refractivity contribution in [2.24, 2.45) is 7.05 Å². The Labute approximate surface area is 117 Å². The van der Waals surface area contributed by atoms with Crippen molar-refractivity contribution in [2.45, 2.75) is 6.92 Å². The van der Waals surface area contributed by atoms with Crippen LogP contribution in [-0.4, -0.2) is 14.2 Å². The highest BCUT2D eigenvalue weighted by molar-refractivity contribution is 5.90. The molecule has 20 heavy (non-hydrogen) atoms. The Morgan fingerprint density at radius 3 is 2.65 bits per heavy atom. The summed E-state index contributed by atoms with van der Waals surface area (Å²) >= 11 is 0. The molecular formula is C17H15N3. The van der Waals surface area contributed by atoms with Gasteiger partial charge in [0.1, 0.15) is 0 Å². The summed E-state index contributed by atoms with van der Waals surface area (Å²) in [4.78, 5) is 0. The summed E-state index contributed by atoms with van der Waals surface area (Å²) in [5.41, 5.74) is 6.08. The molecule has 3 aromatic heterocycles. The van der Waals surface area contributed by atoms with Crippen molar-refractivity contribution in [3.8, 4) is 11.1 Å². The van der Waals surface area contributed by atoms with Gasteiger partial charge in [0.2, 0.25) is 0 Å². The zero-order chi connectivity index (χ0) is 13.7. The zero-order valence-corrected chi connectivity index (χ0v) is 11.5. The molecule has 1 aromatic carbocycles. The first-order valence-corrected chi connectivity index (χ1v) is 6.72. The number of fused-ring (bicyclic) bond motifs is 2. The van der Waals surface area contributed by atoms with E-state index in [-0.39, 0.29) is 0 Å². The Hall–Kier alpha value is -2.55. The van der Waals surface area contributed by atoms with Crippen molar-refractivity contribution < 1.29 is 0 Å². The number of pyridine rings is 1. The zero-order valence-electron chi connectivity index (χ0n) is 11.5. The first kappa shape index (κ1) is 11.3. The molecule has 0 spiro atoms. The molecule has 0 fully saturated rings. The minimum atomic E-state index is 1.05. The lowest BCUT2D eigenvalue weighted by atomic mass is 9.99. The quantitative estimate of drug-likeness (QED) is 0.511. The van der Waals surface area contributed by atoms with E-state index in [2.05, 4.69) is 71.4 Å². The molecule has 0 unspecified atom stereocenters. The van der Waals surface area contributed by atoms with Crippen molar-refractivity contribution in [1.82, 2.24) is 14.2 Å². The monoisotopic (exact) mass is 261 g/mol. The van der Waals surface area contributed by atoms with Crippen molar-refractivity contribution >= 4 is 16.4 Å². The molecule has 0 atom stereocenters. The van der Waals surface area contributed by atoms with E-state index in [1.165, 1.54) is 27.6 Å². The molecule has 98 valence electrons. The molecule has 0 saturated carbocycles. The molecule has 4 aromatic rings. The highest BCUT2D eigenvalue weighted by Crippen LogP contribution is 2.30. The van der Waals surface area contributed by atoms with Gasteiger partial charge < -0.3 is 4.40 Å². The highest BCUT2D eigenvalue weighted by Gasteiger charge is 2.09. The van der Waals surface area contributed by atoms with Crippen LogP contribution in [-0.2, 0) is 7.05 Å². The lowest BCUT2D eigenvalue weighted by Crippen LogP contribution is -1.88. The van der Waals surface area contributed by atoms with E-state index in [4.69, 9.17) is 0 Å². The van der Waals surface area contributed by atoms with Crippen LogP contribution in [0.2, 0.25) is 0 Å².